The number of carbonyl (C=O) groups is 2. The minimum atomic E-state index is -0.389. The summed E-state index contributed by atoms with van der Waals surface area (Å²) in [5, 5.41) is 13.2. The number of hydrogen-bond acceptors (Lipinski definition) is 8. The summed E-state index contributed by atoms with van der Waals surface area (Å²) in [6.45, 7) is 10.8. The summed E-state index contributed by atoms with van der Waals surface area (Å²) in [6, 6.07) is 30.0. The summed E-state index contributed by atoms with van der Waals surface area (Å²) >= 11 is 0. The van der Waals surface area contributed by atoms with E-state index in [1.54, 1.807) is 6.92 Å². The van der Waals surface area contributed by atoms with Gasteiger partial charge in [0.25, 0.3) is 0 Å². The third kappa shape index (κ3) is 8.14. The van der Waals surface area contributed by atoms with Crippen LogP contribution in [0.1, 0.15) is 121 Å². The molecule has 9 heteroatoms. The maximum Gasteiger partial charge on any atom is 0.227 e. The molecule has 0 bridgehead atoms. The molecule has 9 nitrogen and oxygen atoms in total. The zero-order chi connectivity index (χ0) is 42.4. The first-order valence-electron chi connectivity index (χ1n) is 23.2. The zero-order valence-corrected chi connectivity index (χ0v) is 36.2. The van der Waals surface area contributed by atoms with Crippen LogP contribution in [-0.2, 0) is 22.4 Å². The van der Waals surface area contributed by atoms with Crippen molar-refractivity contribution in [3.05, 3.63) is 131 Å². The van der Waals surface area contributed by atoms with Gasteiger partial charge in [-0.1, -0.05) is 55.1 Å². The molecule has 4 fully saturated rings. The number of amides is 1. The van der Waals surface area contributed by atoms with Crippen molar-refractivity contribution in [2.45, 2.75) is 113 Å². The Morgan fingerprint density at radius 3 is 2.39 bits per heavy atom. The van der Waals surface area contributed by atoms with Crippen LogP contribution in [0.25, 0.3) is 0 Å². The SMILES string of the molecule is C=C1CC[C@H](CCc2c(C(C)=O)ccc3c2OCC2(CCN(CC4CCC5(CCN(c6ccc([C@@H]7c8ccc(O)cc8CCC7c7ccccc7)cc6)CC5)O4)CC2)O3)C(=O)N1. The number of nitrogens with zero attached hydrogens (tertiary/aromatic N) is 2. The summed E-state index contributed by atoms with van der Waals surface area (Å²) in [4.78, 5) is 30.4. The Labute approximate surface area is 366 Å². The molecule has 10 rings (SSSR count). The molecule has 62 heavy (non-hydrogen) atoms. The lowest BCUT2D eigenvalue weighted by atomic mass is 9.69. The fourth-order valence-corrected chi connectivity index (χ4v) is 11.7. The smallest absolute Gasteiger partial charge is 0.227 e. The highest BCUT2D eigenvalue weighted by molar-refractivity contribution is 5.96. The largest absolute Gasteiger partial charge is 0.508 e. The topological polar surface area (TPSA) is 101 Å². The Hall–Kier alpha value is -5.12. The first-order chi connectivity index (χ1) is 30.1. The van der Waals surface area contributed by atoms with Crippen molar-refractivity contribution in [1.82, 2.24) is 10.2 Å². The molecule has 4 aromatic carbocycles. The quantitative estimate of drug-likeness (QED) is 0.161. The number of phenols is 1. The van der Waals surface area contributed by atoms with Crippen molar-refractivity contribution in [2.75, 3.05) is 44.2 Å². The average molecular weight is 836 g/mol. The van der Waals surface area contributed by atoms with E-state index >= 15 is 0 Å². The number of likely N-dealkylation sites (tertiary alicyclic amines) is 1. The number of hydrogen-bond donors (Lipinski definition) is 2. The number of benzene rings is 4. The van der Waals surface area contributed by atoms with Gasteiger partial charge in [-0.3, -0.25) is 9.59 Å². The van der Waals surface area contributed by atoms with E-state index in [1.165, 1.54) is 27.9 Å². The number of phenolic OH excluding ortho intramolecular Hbond substituents is 1. The third-order valence-electron chi connectivity index (χ3n) is 15.3. The zero-order valence-electron chi connectivity index (χ0n) is 36.2. The van der Waals surface area contributed by atoms with E-state index in [9.17, 15) is 14.7 Å². The number of anilines is 1. The van der Waals surface area contributed by atoms with Crippen LogP contribution in [0.5, 0.6) is 17.2 Å². The number of fused-ring (bicyclic) bond motifs is 2. The number of rotatable bonds is 9. The Morgan fingerprint density at radius 1 is 0.855 bits per heavy atom. The van der Waals surface area contributed by atoms with Crippen molar-refractivity contribution < 1.29 is 28.9 Å². The van der Waals surface area contributed by atoms with Gasteiger partial charge in [-0.05, 0) is 136 Å². The molecular weight excluding hydrogens is 775 g/mol. The molecule has 0 aromatic heterocycles. The molecule has 2 N–H and O–H groups in total. The number of ketones is 1. The van der Waals surface area contributed by atoms with Crippen molar-refractivity contribution in [1.29, 1.82) is 0 Å². The molecule has 5 heterocycles. The Balaban J connectivity index is 0.725. The average Bonchev–Trinajstić information content (AvgIpc) is 3.67. The van der Waals surface area contributed by atoms with E-state index in [0.29, 0.717) is 48.2 Å². The van der Waals surface area contributed by atoms with Gasteiger partial charge in [-0.2, -0.15) is 0 Å². The van der Waals surface area contributed by atoms with E-state index in [0.717, 1.165) is 108 Å². The number of allylic oxidation sites excluding steroid dienone is 1. The minimum Gasteiger partial charge on any atom is -0.508 e. The number of nitrogens with one attached hydrogen (secondary N) is 1. The van der Waals surface area contributed by atoms with Crippen LogP contribution in [0.2, 0.25) is 0 Å². The molecule has 1 aliphatic carbocycles. The van der Waals surface area contributed by atoms with Crippen LogP contribution in [0, 0.1) is 5.92 Å². The van der Waals surface area contributed by atoms with Gasteiger partial charge in [0.1, 0.15) is 18.0 Å². The molecule has 2 unspecified atom stereocenters. The normalized spacial score (nSPS) is 25.4. The molecule has 6 aliphatic rings. The predicted octanol–water partition coefficient (Wildman–Crippen LogP) is 9.25. The van der Waals surface area contributed by atoms with Gasteiger partial charge in [0, 0.05) is 79.9 Å². The van der Waals surface area contributed by atoms with E-state index in [1.807, 2.05) is 24.3 Å². The summed E-state index contributed by atoms with van der Waals surface area (Å²) in [5.41, 5.74) is 8.46. The number of aryl methyl sites for hydroxylation is 1. The summed E-state index contributed by atoms with van der Waals surface area (Å²) in [5.74, 6) is 2.29. The van der Waals surface area contributed by atoms with Crippen LogP contribution in [0.15, 0.2) is 97.2 Å². The lowest BCUT2D eigenvalue weighted by molar-refractivity contribution is -0.125. The van der Waals surface area contributed by atoms with Crippen molar-refractivity contribution in [3.8, 4) is 17.2 Å². The summed E-state index contributed by atoms with van der Waals surface area (Å²) < 4.78 is 20.3. The first kappa shape index (κ1) is 40.9. The van der Waals surface area contributed by atoms with Gasteiger partial charge in [0.05, 0.1) is 11.7 Å². The molecule has 324 valence electrons. The lowest BCUT2D eigenvalue weighted by Crippen LogP contribution is -2.54. The fraction of sp³-hybridized carbons (Fsp3) is 0.472. The van der Waals surface area contributed by atoms with Gasteiger partial charge in [-0.15, -0.1) is 0 Å². The number of ether oxygens (including phenoxy) is 3. The van der Waals surface area contributed by atoms with Crippen LogP contribution >= 0.6 is 0 Å². The summed E-state index contributed by atoms with van der Waals surface area (Å²) in [6.07, 6.45) is 11.1. The standard InChI is InChI=1S/C53H61N3O6/c1-35-8-9-39(51(59)54-35)12-18-47-44(36(2)57)20-21-48-50(47)60-34-53(62-48)24-28-55(29-25-53)33-43-22-23-52(61-43)26-30-56(31-27-52)41-14-10-38(11-15-41)49-45(37-6-4-3-5-7-37)17-13-40-32-42(58)16-19-46(40)49/h3-7,10-11,14-16,19-21,32,39,43,45,49,58H,1,8-9,12-13,17-18,22-31,33-34H2,2H3,(H,54,59)/t39-,43?,45?,49+/m1/s1. The van der Waals surface area contributed by atoms with E-state index in [4.69, 9.17) is 14.2 Å². The highest BCUT2D eigenvalue weighted by atomic mass is 16.6. The van der Waals surface area contributed by atoms with Gasteiger partial charge in [0.2, 0.25) is 5.91 Å². The lowest BCUT2D eigenvalue weighted by Gasteiger charge is -2.45. The van der Waals surface area contributed by atoms with Gasteiger partial charge in [0.15, 0.2) is 17.3 Å². The predicted molar refractivity (Wildman–Crippen MR) is 241 cm³/mol. The second-order valence-corrected chi connectivity index (χ2v) is 19.2. The molecule has 0 saturated carbocycles. The molecule has 1 amide bonds. The molecule has 4 aromatic rings. The second-order valence-electron chi connectivity index (χ2n) is 19.2. The van der Waals surface area contributed by atoms with E-state index < -0.39 is 0 Å². The molecule has 4 saturated heterocycles. The van der Waals surface area contributed by atoms with Crippen molar-refractivity contribution >= 4 is 17.4 Å². The molecule has 2 spiro atoms. The van der Waals surface area contributed by atoms with Gasteiger partial charge >= 0.3 is 0 Å². The number of Topliss-reactive ketones (excluding diaryl/α,β-unsaturated/α-hetero) is 1. The first-order valence-corrected chi connectivity index (χ1v) is 23.2. The molecule has 5 aliphatic heterocycles. The van der Waals surface area contributed by atoms with Crippen molar-refractivity contribution in [3.63, 3.8) is 0 Å². The number of aromatic hydroxyl groups is 1. The maximum atomic E-state index is 12.7. The Morgan fingerprint density at radius 2 is 1.63 bits per heavy atom. The Kier molecular flexibility index (Phi) is 11.1. The fourth-order valence-electron chi connectivity index (χ4n) is 11.7. The Bertz CT molecular complexity index is 2310. The van der Waals surface area contributed by atoms with E-state index in [-0.39, 0.29) is 40.8 Å². The van der Waals surface area contributed by atoms with Crippen LogP contribution in [-0.4, -0.2) is 78.3 Å². The molecule has 0 radical (unpaired) electrons. The van der Waals surface area contributed by atoms with Gasteiger partial charge in [-0.25, -0.2) is 0 Å². The van der Waals surface area contributed by atoms with Crippen LogP contribution in [0.3, 0.4) is 0 Å². The maximum absolute atomic E-state index is 12.7. The highest BCUT2D eigenvalue weighted by Gasteiger charge is 2.46. The van der Waals surface area contributed by atoms with E-state index in [2.05, 4.69) is 82.4 Å². The molecule has 4 atom stereocenters. The third-order valence-corrected chi connectivity index (χ3v) is 15.3. The highest BCUT2D eigenvalue weighted by Crippen LogP contribution is 2.48. The monoisotopic (exact) mass is 835 g/mol. The van der Waals surface area contributed by atoms with Crippen LogP contribution < -0.4 is 19.7 Å². The minimum absolute atomic E-state index is 0.00365. The van der Waals surface area contributed by atoms with Crippen LogP contribution in [0.4, 0.5) is 5.69 Å². The number of piperidine rings is 3. The second kappa shape index (κ2) is 16.9. The molecular formula is C53H61N3O6. The number of carbonyl (C=O) groups excluding carboxylic acids is 2. The van der Waals surface area contributed by atoms with Gasteiger partial charge < -0.3 is 34.4 Å². The summed E-state index contributed by atoms with van der Waals surface area (Å²) in [7, 11) is 0. The van der Waals surface area contributed by atoms with Crippen molar-refractivity contribution in [2.24, 2.45) is 5.92 Å².